The van der Waals surface area contributed by atoms with Gasteiger partial charge in [-0.1, -0.05) is 64.5 Å². The van der Waals surface area contributed by atoms with Crippen LogP contribution in [0.1, 0.15) is 36.3 Å². The van der Waals surface area contributed by atoms with Gasteiger partial charge in [0.25, 0.3) is 0 Å². The highest BCUT2D eigenvalue weighted by atomic mass is 79.9. The minimum absolute atomic E-state index is 0.149. The van der Waals surface area contributed by atoms with Gasteiger partial charge in [-0.3, -0.25) is 0 Å². The molecule has 4 rings (SSSR count). The van der Waals surface area contributed by atoms with E-state index in [4.69, 9.17) is 9.53 Å². The van der Waals surface area contributed by atoms with Crippen LogP contribution in [0.3, 0.4) is 0 Å². The van der Waals surface area contributed by atoms with Crippen LogP contribution in [0.25, 0.3) is 11.1 Å². The van der Waals surface area contributed by atoms with Crippen LogP contribution in [-0.4, -0.2) is 42.3 Å². The highest BCUT2D eigenvalue weighted by Gasteiger charge is 2.29. The molecule has 0 atom stereocenters. The molecule has 142 valence electrons. The van der Waals surface area contributed by atoms with Crippen molar-refractivity contribution in [1.29, 1.82) is 0 Å². The zero-order valence-corrected chi connectivity index (χ0v) is 16.9. The summed E-state index contributed by atoms with van der Waals surface area (Å²) in [5.74, 6) is 0.149. The lowest BCUT2D eigenvalue weighted by Gasteiger charge is -2.26. The van der Waals surface area contributed by atoms with Gasteiger partial charge in [0.05, 0.1) is 5.33 Å². The van der Waals surface area contributed by atoms with Crippen molar-refractivity contribution in [3.8, 4) is 11.1 Å². The first-order chi connectivity index (χ1) is 13.3. The Bertz CT molecular complexity index is 741. The fraction of sp³-hybridized carbons (Fsp3) is 0.364. The number of aldehydes is 1. The van der Waals surface area contributed by atoms with Gasteiger partial charge in [-0.25, -0.2) is 4.79 Å². The van der Waals surface area contributed by atoms with Crippen molar-refractivity contribution in [2.45, 2.75) is 25.2 Å². The van der Waals surface area contributed by atoms with Gasteiger partial charge in [0.15, 0.2) is 0 Å². The largest absolute Gasteiger partial charge is 0.448 e. The van der Waals surface area contributed by atoms with E-state index in [1.165, 1.54) is 28.7 Å². The molecule has 0 spiro atoms. The predicted octanol–water partition coefficient (Wildman–Crippen LogP) is 5.00. The zero-order chi connectivity index (χ0) is 19.1. The molecule has 1 fully saturated rings. The van der Waals surface area contributed by atoms with Crippen molar-refractivity contribution in [2.24, 2.45) is 0 Å². The molecule has 0 saturated carbocycles. The van der Waals surface area contributed by atoms with Crippen LogP contribution in [0.2, 0.25) is 0 Å². The Kier molecular flexibility index (Phi) is 7.04. The number of hydrogen-bond donors (Lipinski definition) is 0. The van der Waals surface area contributed by atoms with E-state index in [9.17, 15) is 4.79 Å². The SMILES string of the molecule is O=C(OCC1c2ccccc2-c2ccccc21)N1CCCCC1.O=CCBr. The molecule has 1 saturated heterocycles. The van der Waals surface area contributed by atoms with E-state index in [1.54, 1.807) is 0 Å². The number of rotatable bonds is 3. The smallest absolute Gasteiger partial charge is 0.409 e. The maximum absolute atomic E-state index is 12.3. The number of halogens is 1. The van der Waals surface area contributed by atoms with Crippen LogP contribution in [0.15, 0.2) is 48.5 Å². The maximum atomic E-state index is 12.3. The third-order valence-corrected chi connectivity index (χ3v) is 5.28. The average Bonchev–Trinajstić information content (AvgIpc) is 3.07. The van der Waals surface area contributed by atoms with Crippen molar-refractivity contribution in [3.05, 3.63) is 59.7 Å². The summed E-state index contributed by atoms with van der Waals surface area (Å²) in [6, 6.07) is 16.9. The van der Waals surface area contributed by atoms with E-state index in [0.29, 0.717) is 11.9 Å². The normalized spacial score (nSPS) is 15.2. The summed E-state index contributed by atoms with van der Waals surface area (Å²) in [7, 11) is 0. The number of carbonyl (C=O) groups excluding carboxylic acids is 2. The number of hydrogen-bond acceptors (Lipinski definition) is 3. The fourth-order valence-corrected chi connectivity index (χ4v) is 3.76. The first kappa shape index (κ1) is 19.6. The number of piperidine rings is 1. The average molecular weight is 430 g/mol. The molecule has 5 heteroatoms. The molecular weight excluding hydrogens is 406 g/mol. The van der Waals surface area contributed by atoms with Crippen molar-refractivity contribution >= 4 is 28.3 Å². The first-order valence-electron chi connectivity index (χ1n) is 9.35. The number of alkyl halides is 1. The quantitative estimate of drug-likeness (QED) is 0.509. The van der Waals surface area contributed by atoms with E-state index >= 15 is 0 Å². The van der Waals surface area contributed by atoms with Crippen LogP contribution in [-0.2, 0) is 9.53 Å². The molecule has 0 aromatic heterocycles. The number of likely N-dealkylation sites (tertiary alicyclic amines) is 1. The molecule has 2 aliphatic rings. The summed E-state index contributed by atoms with van der Waals surface area (Å²) in [4.78, 5) is 23.3. The van der Waals surface area contributed by atoms with Crippen LogP contribution >= 0.6 is 15.9 Å². The van der Waals surface area contributed by atoms with Crippen LogP contribution in [0.4, 0.5) is 4.79 Å². The topological polar surface area (TPSA) is 46.6 Å². The number of carbonyl (C=O) groups is 2. The highest BCUT2D eigenvalue weighted by molar-refractivity contribution is 9.09. The molecule has 0 N–H and O–H groups in total. The van der Waals surface area contributed by atoms with Gasteiger partial charge in [-0.15, -0.1) is 0 Å². The molecule has 0 bridgehead atoms. The second-order valence-corrected chi connectivity index (χ2v) is 7.32. The standard InChI is InChI=1S/C20H21NO2.C2H3BrO/c22-20(21-12-6-1-7-13-21)23-14-19-17-10-4-2-8-15(17)16-9-3-5-11-18(16)19;3-1-2-4/h2-5,8-11,19H,1,6-7,12-14H2;2H,1H2. The number of benzene rings is 2. The second-order valence-electron chi connectivity index (χ2n) is 6.67. The number of nitrogens with zero attached hydrogens (tertiary/aromatic N) is 1. The Morgan fingerprint density at radius 1 is 1.00 bits per heavy atom. The molecule has 2 aromatic rings. The van der Waals surface area contributed by atoms with Crippen molar-refractivity contribution in [1.82, 2.24) is 4.90 Å². The monoisotopic (exact) mass is 429 g/mol. The van der Waals surface area contributed by atoms with Gasteiger partial charge in [0.2, 0.25) is 0 Å². The van der Waals surface area contributed by atoms with Crippen molar-refractivity contribution in [2.75, 3.05) is 25.0 Å². The predicted molar refractivity (Wildman–Crippen MR) is 110 cm³/mol. The molecular formula is C22H24BrNO3. The molecule has 1 amide bonds. The summed E-state index contributed by atoms with van der Waals surface area (Å²) >= 11 is 2.88. The Hall–Kier alpha value is -2.14. The number of fused-ring (bicyclic) bond motifs is 3. The van der Waals surface area contributed by atoms with Gasteiger partial charge in [-0.2, -0.15) is 0 Å². The summed E-state index contributed by atoms with van der Waals surface area (Å²) in [6.07, 6.45) is 4.02. The minimum Gasteiger partial charge on any atom is -0.448 e. The van der Waals surface area contributed by atoms with Crippen LogP contribution in [0, 0.1) is 0 Å². The van der Waals surface area contributed by atoms with E-state index in [1.807, 2.05) is 4.90 Å². The third kappa shape index (κ3) is 4.59. The molecule has 0 radical (unpaired) electrons. The zero-order valence-electron chi connectivity index (χ0n) is 15.3. The highest BCUT2D eigenvalue weighted by Crippen LogP contribution is 2.44. The summed E-state index contributed by atoms with van der Waals surface area (Å²) in [6.45, 7) is 2.08. The molecule has 27 heavy (non-hydrogen) atoms. The Labute approximate surface area is 168 Å². The lowest BCUT2D eigenvalue weighted by atomic mass is 9.98. The van der Waals surface area contributed by atoms with Gasteiger partial charge in [0, 0.05) is 19.0 Å². The van der Waals surface area contributed by atoms with Gasteiger partial charge in [0.1, 0.15) is 12.9 Å². The lowest BCUT2D eigenvalue weighted by Crippen LogP contribution is -2.36. The molecule has 0 unspecified atom stereocenters. The summed E-state index contributed by atoms with van der Waals surface area (Å²) < 4.78 is 5.67. The first-order valence-corrected chi connectivity index (χ1v) is 10.5. The molecule has 1 aliphatic heterocycles. The Balaban J connectivity index is 0.000000481. The van der Waals surface area contributed by atoms with Gasteiger partial charge in [-0.05, 0) is 41.5 Å². The molecule has 2 aromatic carbocycles. The Morgan fingerprint density at radius 2 is 1.52 bits per heavy atom. The third-order valence-electron chi connectivity index (χ3n) is 5.01. The molecule has 1 aliphatic carbocycles. The number of amides is 1. The summed E-state index contributed by atoms with van der Waals surface area (Å²) in [5, 5.41) is 0.451. The second kappa shape index (κ2) is 9.70. The van der Waals surface area contributed by atoms with Gasteiger partial charge >= 0.3 is 6.09 Å². The summed E-state index contributed by atoms with van der Waals surface area (Å²) in [5.41, 5.74) is 5.06. The van der Waals surface area contributed by atoms with Crippen LogP contribution < -0.4 is 0 Å². The van der Waals surface area contributed by atoms with Gasteiger partial charge < -0.3 is 14.4 Å². The molecule has 1 heterocycles. The molecule has 4 nitrogen and oxygen atoms in total. The fourth-order valence-electron chi connectivity index (χ4n) is 3.76. The van der Waals surface area contributed by atoms with Crippen molar-refractivity contribution < 1.29 is 14.3 Å². The Morgan fingerprint density at radius 3 is 2.04 bits per heavy atom. The van der Waals surface area contributed by atoms with E-state index < -0.39 is 0 Å². The van der Waals surface area contributed by atoms with Crippen molar-refractivity contribution in [3.63, 3.8) is 0 Å². The lowest BCUT2D eigenvalue weighted by molar-refractivity contribution is -0.105. The van der Waals surface area contributed by atoms with E-state index in [0.717, 1.165) is 32.2 Å². The minimum atomic E-state index is -0.161. The van der Waals surface area contributed by atoms with Crippen LogP contribution in [0.5, 0.6) is 0 Å². The maximum Gasteiger partial charge on any atom is 0.409 e. The number of ether oxygens (including phenoxy) is 1. The van der Waals surface area contributed by atoms with E-state index in [2.05, 4.69) is 64.5 Å². The van der Waals surface area contributed by atoms with E-state index in [-0.39, 0.29) is 12.0 Å².